The summed E-state index contributed by atoms with van der Waals surface area (Å²) in [6.45, 7) is 12.0. The second-order valence-electron chi connectivity index (χ2n) is 9.14. The number of pyridine rings is 1. The van der Waals surface area contributed by atoms with Crippen LogP contribution in [0.4, 0.5) is 0 Å². The third-order valence-electron chi connectivity index (χ3n) is 6.41. The van der Waals surface area contributed by atoms with Crippen molar-refractivity contribution in [3.8, 4) is 0 Å². The van der Waals surface area contributed by atoms with E-state index < -0.39 is 0 Å². The van der Waals surface area contributed by atoms with E-state index in [9.17, 15) is 0 Å². The van der Waals surface area contributed by atoms with Crippen molar-refractivity contribution in [1.29, 1.82) is 0 Å². The number of piperidine rings is 1. The molecule has 2 aliphatic rings. The van der Waals surface area contributed by atoms with E-state index in [4.69, 9.17) is 10.7 Å². The van der Waals surface area contributed by atoms with Gasteiger partial charge in [0, 0.05) is 18.4 Å². The Kier molecular flexibility index (Phi) is 7.91. The molecule has 1 aromatic rings. The first kappa shape index (κ1) is 22.0. The molecule has 1 saturated heterocycles. The van der Waals surface area contributed by atoms with Gasteiger partial charge in [-0.2, -0.15) is 0 Å². The Morgan fingerprint density at radius 2 is 1.93 bits per heavy atom. The van der Waals surface area contributed by atoms with E-state index in [1.807, 2.05) is 6.20 Å². The predicted octanol–water partition coefficient (Wildman–Crippen LogP) is 4.91. The van der Waals surface area contributed by atoms with Crippen LogP contribution in [-0.4, -0.2) is 35.6 Å². The van der Waals surface area contributed by atoms with Crippen LogP contribution >= 0.6 is 0 Å². The summed E-state index contributed by atoms with van der Waals surface area (Å²) in [5, 5.41) is 3.76. The second kappa shape index (κ2) is 10.4. The smallest absolute Gasteiger partial charge is 0.0610 e. The number of aromatic nitrogens is 1. The Morgan fingerprint density at radius 1 is 1.14 bits per heavy atom. The molecule has 0 aromatic carbocycles. The van der Waals surface area contributed by atoms with Crippen LogP contribution < -0.4 is 11.1 Å². The standard InChI is InChI=1S/C25H40N4/c1-18(2)20-10-8-15-27-24(20)22-12-7-13-23(29(22)17-6-5-14-26)25-21(19(3)4)11-9-16-28-25/h8-11,15,18-19,22-23,28H,5-7,12-14,16-17,26H2,1-4H3/t22-,23+/m0/s1. The zero-order valence-electron chi connectivity index (χ0n) is 18.8. The number of rotatable bonds is 8. The minimum Gasteiger partial charge on any atom is -0.383 e. The lowest BCUT2D eigenvalue weighted by atomic mass is 9.85. The van der Waals surface area contributed by atoms with Gasteiger partial charge in [0.25, 0.3) is 0 Å². The van der Waals surface area contributed by atoms with Crippen molar-refractivity contribution in [3.63, 3.8) is 0 Å². The van der Waals surface area contributed by atoms with E-state index in [0.29, 0.717) is 23.9 Å². The molecule has 1 fully saturated rings. The normalized spacial score (nSPS) is 23.1. The van der Waals surface area contributed by atoms with Crippen LogP contribution in [-0.2, 0) is 0 Å². The van der Waals surface area contributed by atoms with Gasteiger partial charge < -0.3 is 11.1 Å². The van der Waals surface area contributed by atoms with Gasteiger partial charge in [0.05, 0.1) is 17.8 Å². The van der Waals surface area contributed by atoms with E-state index in [-0.39, 0.29) is 0 Å². The van der Waals surface area contributed by atoms with Gasteiger partial charge in [-0.25, -0.2) is 0 Å². The molecule has 0 bridgehead atoms. The highest BCUT2D eigenvalue weighted by molar-refractivity contribution is 5.35. The summed E-state index contributed by atoms with van der Waals surface area (Å²) in [7, 11) is 0. The van der Waals surface area contributed by atoms with E-state index in [2.05, 4.69) is 62.2 Å². The third-order valence-corrected chi connectivity index (χ3v) is 6.41. The molecule has 2 atom stereocenters. The molecule has 2 aliphatic heterocycles. The lowest BCUT2D eigenvalue weighted by Crippen LogP contribution is -2.47. The van der Waals surface area contributed by atoms with Gasteiger partial charge in [0.1, 0.15) is 0 Å². The van der Waals surface area contributed by atoms with Gasteiger partial charge in [-0.3, -0.25) is 9.88 Å². The lowest BCUT2D eigenvalue weighted by molar-refractivity contribution is 0.0919. The fraction of sp³-hybridized carbons (Fsp3) is 0.640. The summed E-state index contributed by atoms with van der Waals surface area (Å²) < 4.78 is 0. The molecule has 1 aromatic heterocycles. The SMILES string of the molecule is CC(C)C1=C([C@H]2CCC[C@@H](c3ncccc3C(C)C)N2CCCCN)NCC=C1. The average Bonchev–Trinajstić information content (AvgIpc) is 2.74. The predicted molar refractivity (Wildman–Crippen MR) is 123 cm³/mol. The quantitative estimate of drug-likeness (QED) is 0.613. The van der Waals surface area contributed by atoms with E-state index in [1.165, 1.54) is 41.8 Å². The topological polar surface area (TPSA) is 54.2 Å². The molecule has 4 heteroatoms. The Hall–Kier alpha value is -1.65. The summed E-state index contributed by atoms with van der Waals surface area (Å²) in [6, 6.07) is 5.19. The molecule has 3 heterocycles. The first-order chi connectivity index (χ1) is 14.0. The van der Waals surface area contributed by atoms with Crippen LogP contribution in [0.2, 0.25) is 0 Å². The zero-order chi connectivity index (χ0) is 20.8. The summed E-state index contributed by atoms with van der Waals surface area (Å²) in [4.78, 5) is 7.67. The largest absolute Gasteiger partial charge is 0.383 e. The lowest BCUT2D eigenvalue weighted by Gasteiger charge is -2.45. The molecular weight excluding hydrogens is 356 g/mol. The maximum Gasteiger partial charge on any atom is 0.0610 e. The van der Waals surface area contributed by atoms with Gasteiger partial charge in [0.15, 0.2) is 0 Å². The molecule has 0 spiro atoms. The minimum atomic E-state index is 0.388. The van der Waals surface area contributed by atoms with Gasteiger partial charge in [-0.1, -0.05) is 45.9 Å². The maximum atomic E-state index is 5.83. The van der Waals surface area contributed by atoms with Crippen molar-refractivity contribution in [2.45, 2.75) is 77.8 Å². The first-order valence-electron chi connectivity index (χ1n) is 11.6. The number of allylic oxidation sites excluding steroid dienone is 2. The number of dihydropyridines is 1. The van der Waals surface area contributed by atoms with Crippen molar-refractivity contribution >= 4 is 0 Å². The van der Waals surface area contributed by atoms with Gasteiger partial charge in [-0.15, -0.1) is 0 Å². The van der Waals surface area contributed by atoms with Crippen LogP contribution in [0.1, 0.15) is 83.0 Å². The number of hydrogen-bond acceptors (Lipinski definition) is 4. The van der Waals surface area contributed by atoms with Crippen molar-refractivity contribution in [2.24, 2.45) is 11.7 Å². The fourth-order valence-corrected chi connectivity index (χ4v) is 4.96. The number of nitrogens with two attached hydrogens (primary N) is 1. The molecular formula is C25H40N4. The highest BCUT2D eigenvalue weighted by Gasteiger charge is 2.36. The van der Waals surface area contributed by atoms with Crippen LogP contribution in [0.25, 0.3) is 0 Å². The number of nitrogens with one attached hydrogen (secondary N) is 1. The Bertz CT molecular complexity index is 719. The van der Waals surface area contributed by atoms with Crippen molar-refractivity contribution in [1.82, 2.24) is 15.2 Å². The van der Waals surface area contributed by atoms with Gasteiger partial charge >= 0.3 is 0 Å². The van der Waals surface area contributed by atoms with E-state index in [0.717, 1.165) is 32.5 Å². The van der Waals surface area contributed by atoms with Gasteiger partial charge in [0.2, 0.25) is 0 Å². The Morgan fingerprint density at radius 3 is 2.66 bits per heavy atom. The molecule has 0 aliphatic carbocycles. The van der Waals surface area contributed by atoms with Crippen molar-refractivity contribution in [2.75, 3.05) is 19.6 Å². The second-order valence-corrected chi connectivity index (χ2v) is 9.14. The fourth-order valence-electron chi connectivity index (χ4n) is 4.96. The molecule has 3 N–H and O–H groups in total. The summed E-state index contributed by atoms with van der Waals surface area (Å²) in [5.41, 5.74) is 11.4. The number of likely N-dealkylation sites (tertiary alicyclic amines) is 1. The first-order valence-corrected chi connectivity index (χ1v) is 11.6. The van der Waals surface area contributed by atoms with Crippen molar-refractivity contribution in [3.05, 3.63) is 53.0 Å². The van der Waals surface area contributed by atoms with Crippen LogP contribution in [0.15, 0.2) is 41.8 Å². The molecule has 0 unspecified atom stereocenters. The monoisotopic (exact) mass is 396 g/mol. The highest BCUT2D eigenvalue weighted by Crippen LogP contribution is 2.40. The van der Waals surface area contributed by atoms with Gasteiger partial charge in [-0.05, 0) is 74.2 Å². The average molecular weight is 397 g/mol. The Labute approximate surface area is 177 Å². The van der Waals surface area contributed by atoms with E-state index in [1.54, 1.807) is 0 Å². The van der Waals surface area contributed by atoms with Crippen molar-refractivity contribution < 1.29 is 0 Å². The van der Waals surface area contributed by atoms with Crippen LogP contribution in [0.3, 0.4) is 0 Å². The van der Waals surface area contributed by atoms with E-state index >= 15 is 0 Å². The summed E-state index contributed by atoms with van der Waals surface area (Å²) >= 11 is 0. The number of hydrogen-bond donors (Lipinski definition) is 2. The molecule has 3 rings (SSSR count). The molecule has 160 valence electrons. The number of nitrogens with zero attached hydrogens (tertiary/aromatic N) is 2. The molecule has 0 saturated carbocycles. The molecule has 0 radical (unpaired) electrons. The van der Waals surface area contributed by atoms with Crippen LogP contribution in [0.5, 0.6) is 0 Å². The summed E-state index contributed by atoms with van der Waals surface area (Å²) in [6.07, 6.45) is 12.5. The molecule has 0 amide bonds. The zero-order valence-corrected chi connectivity index (χ0v) is 18.8. The maximum absolute atomic E-state index is 5.83. The molecule has 29 heavy (non-hydrogen) atoms. The number of unbranched alkanes of at least 4 members (excludes halogenated alkanes) is 1. The highest BCUT2D eigenvalue weighted by atomic mass is 15.2. The summed E-state index contributed by atoms with van der Waals surface area (Å²) in [5.74, 6) is 1.02. The van der Waals surface area contributed by atoms with Crippen LogP contribution in [0, 0.1) is 5.92 Å². The third kappa shape index (κ3) is 5.10. The minimum absolute atomic E-state index is 0.388. The molecule has 4 nitrogen and oxygen atoms in total. The Balaban J connectivity index is 2.00.